The average molecular weight is 760 g/mol. The molecule has 0 spiro atoms. The summed E-state index contributed by atoms with van der Waals surface area (Å²) >= 11 is 0. The van der Waals surface area contributed by atoms with Crippen LogP contribution in [-0.2, 0) is 25.8 Å². The number of amides is 1. The van der Waals surface area contributed by atoms with E-state index in [1.165, 1.54) is 49.5 Å². The van der Waals surface area contributed by atoms with Crippen LogP contribution in [0.4, 0.5) is 18.9 Å². The predicted molar refractivity (Wildman–Crippen MR) is 207 cm³/mol. The third kappa shape index (κ3) is 8.46. The number of hydrogen-bond donors (Lipinski definition) is 0. The van der Waals surface area contributed by atoms with Gasteiger partial charge in [-0.25, -0.2) is 19.7 Å². The maximum Gasteiger partial charge on any atom is 0.305 e. The number of likely N-dealkylation sites (tertiary alicyclic amines) is 3. The molecule has 0 radical (unpaired) electrons. The van der Waals surface area contributed by atoms with Crippen LogP contribution in [0.15, 0.2) is 60.7 Å². The number of anilines is 1. The molecule has 5 fully saturated rings. The molecule has 4 saturated heterocycles. The number of carbonyl (C=O) groups excluding carboxylic acids is 2. The SMILES string of the molecule is [C-]#[N+][C@@](c1cccc(F)c1)(C1CCN(CC2CN(c3ccc(C(F)(F)C4CN(C(=O)/C=C/CN5CCCCC5)C4)cc3)C2)CC1)[C@H]1CCC[C@@H]1CC(=O)OC. The summed E-state index contributed by atoms with van der Waals surface area (Å²) < 4.78 is 50.6. The van der Waals surface area contributed by atoms with Gasteiger partial charge < -0.3 is 24.3 Å². The Morgan fingerprint density at radius 1 is 0.873 bits per heavy atom. The molecule has 296 valence electrons. The Hall–Kier alpha value is -3.88. The molecule has 0 unspecified atom stereocenters. The number of halogens is 3. The first kappa shape index (κ1) is 39.4. The first-order valence-electron chi connectivity index (χ1n) is 20.5. The zero-order chi connectivity index (χ0) is 38.6. The van der Waals surface area contributed by atoms with Crippen molar-refractivity contribution in [2.45, 2.75) is 69.2 Å². The summed E-state index contributed by atoms with van der Waals surface area (Å²) in [7, 11) is 1.40. The van der Waals surface area contributed by atoms with E-state index in [2.05, 4.69) is 19.5 Å². The minimum Gasteiger partial charge on any atom is -0.469 e. The second-order valence-corrected chi connectivity index (χ2v) is 16.7. The van der Waals surface area contributed by atoms with Crippen LogP contribution in [0.2, 0.25) is 0 Å². The minimum absolute atomic E-state index is 0.00288. The Morgan fingerprint density at radius 2 is 1.60 bits per heavy atom. The fraction of sp³-hybridized carbons (Fsp3) is 0.614. The van der Waals surface area contributed by atoms with Crippen molar-refractivity contribution in [3.63, 3.8) is 0 Å². The summed E-state index contributed by atoms with van der Waals surface area (Å²) in [5.74, 6) is -4.17. The highest BCUT2D eigenvalue weighted by atomic mass is 19.3. The lowest BCUT2D eigenvalue weighted by molar-refractivity contribution is -0.151. The maximum absolute atomic E-state index is 15.5. The number of alkyl halides is 2. The number of ether oxygens (including phenoxy) is 1. The fourth-order valence-corrected chi connectivity index (χ4v) is 10.3. The van der Waals surface area contributed by atoms with E-state index in [4.69, 9.17) is 11.3 Å². The van der Waals surface area contributed by atoms with Crippen LogP contribution in [0.5, 0.6) is 0 Å². The molecule has 4 heterocycles. The molecule has 8 nitrogen and oxygen atoms in total. The van der Waals surface area contributed by atoms with Gasteiger partial charge in [0.05, 0.1) is 13.0 Å². The van der Waals surface area contributed by atoms with Crippen LogP contribution >= 0.6 is 0 Å². The van der Waals surface area contributed by atoms with Crippen LogP contribution in [0.25, 0.3) is 4.85 Å². The molecule has 55 heavy (non-hydrogen) atoms. The van der Waals surface area contributed by atoms with Gasteiger partial charge in [0.2, 0.25) is 5.91 Å². The molecule has 0 bridgehead atoms. The van der Waals surface area contributed by atoms with E-state index in [0.29, 0.717) is 5.92 Å². The molecule has 2 aromatic rings. The highest BCUT2D eigenvalue weighted by Crippen LogP contribution is 2.54. The van der Waals surface area contributed by atoms with Crippen molar-refractivity contribution >= 4 is 17.6 Å². The number of rotatable bonds is 13. The first-order chi connectivity index (χ1) is 26.6. The Morgan fingerprint density at radius 3 is 2.27 bits per heavy atom. The van der Waals surface area contributed by atoms with E-state index in [1.807, 2.05) is 12.1 Å². The van der Waals surface area contributed by atoms with Gasteiger partial charge in [-0.05, 0) is 94.9 Å². The minimum atomic E-state index is -3.00. The van der Waals surface area contributed by atoms with Crippen LogP contribution in [0.1, 0.15) is 68.9 Å². The van der Waals surface area contributed by atoms with E-state index in [0.717, 1.165) is 95.7 Å². The monoisotopic (exact) mass is 759 g/mol. The van der Waals surface area contributed by atoms with Gasteiger partial charge in [0.25, 0.3) is 11.5 Å². The van der Waals surface area contributed by atoms with Crippen LogP contribution < -0.4 is 4.90 Å². The Balaban J connectivity index is 0.887. The van der Waals surface area contributed by atoms with Gasteiger partial charge in [-0.3, -0.25) is 14.5 Å². The van der Waals surface area contributed by atoms with E-state index >= 15 is 8.78 Å². The number of piperidine rings is 2. The fourth-order valence-electron chi connectivity index (χ4n) is 10.3. The summed E-state index contributed by atoms with van der Waals surface area (Å²) in [6.45, 7) is 15.9. The Labute approximate surface area is 324 Å². The number of nitrogens with zero attached hydrogens (tertiary/aromatic N) is 5. The van der Waals surface area contributed by atoms with Gasteiger partial charge in [0.15, 0.2) is 0 Å². The Kier molecular flexibility index (Phi) is 12.2. The second kappa shape index (κ2) is 17.1. The van der Waals surface area contributed by atoms with Crippen molar-refractivity contribution in [1.82, 2.24) is 14.7 Å². The normalized spacial score (nSPS) is 24.6. The maximum atomic E-state index is 15.5. The lowest BCUT2D eigenvalue weighted by atomic mass is 9.63. The number of methoxy groups -OCH3 is 1. The molecule has 0 aromatic heterocycles. The molecule has 11 heteroatoms. The molecule has 3 atom stereocenters. The highest BCUT2D eigenvalue weighted by Gasteiger charge is 2.58. The first-order valence-corrected chi connectivity index (χ1v) is 20.5. The van der Waals surface area contributed by atoms with Crippen molar-refractivity contribution in [1.29, 1.82) is 0 Å². The van der Waals surface area contributed by atoms with Crippen molar-refractivity contribution in [3.05, 3.63) is 89.0 Å². The van der Waals surface area contributed by atoms with E-state index in [1.54, 1.807) is 30.3 Å². The van der Waals surface area contributed by atoms with E-state index in [9.17, 15) is 14.0 Å². The van der Waals surface area contributed by atoms with Crippen LogP contribution in [0.3, 0.4) is 0 Å². The Bertz CT molecular complexity index is 1710. The van der Waals surface area contributed by atoms with Crippen molar-refractivity contribution in [2.24, 2.45) is 29.6 Å². The molecule has 7 rings (SSSR count). The van der Waals surface area contributed by atoms with E-state index < -0.39 is 17.4 Å². The molecule has 1 amide bonds. The molecule has 4 aliphatic heterocycles. The lowest BCUT2D eigenvalue weighted by Gasteiger charge is -2.46. The molecule has 2 aromatic carbocycles. The molecule has 0 N–H and O–H groups in total. The van der Waals surface area contributed by atoms with Gasteiger partial charge in [-0.2, -0.15) is 0 Å². The highest BCUT2D eigenvalue weighted by molar-refractivity contribution is 5.88. The third-order valence-electron chi connectivity index (χ3n) is 13.4. The van der Waals surface area contributed by atoms with E-state index in [-0.39, 0.29) is 60.5 Å². The second-order valence-electron chi connectivity index (χ2n) is 16.7. The topological polar surface area (TPSA) is 60.7 Å². The number of esters is 1. The standard InChI is InChI=1S/C44H56F3N5O3/c1-48-43(36-10-7-11-38(45)26-36,40-12-6-9-33(40)25-42(54)55-2)34-18-23-50(24-19-34)27-32-28-51(29-32)39-16-14-35(15-17-39)44(46,47)37-30-52(31-37)41(53)13-8-22-49-20-4-3-5-21-49/h7-8,10-11,13-17,26,32-34,37,40H,3-6,9,12,18-25,27-31H2,2H3/b13-8+/t33-,40+,43-/m1/s1. The summed E-state index contributed by atoms with van der Waals surface area (Å²) in [5.41, 5.74) is 0.779. The van der Waals surface area contributed by atoms with Crippen molar-refractivity contribution in [2.75, 3.05) is 77.5 Å². The molecule has 1 aliphatic carbocycles. The van der Waals surface area contributed by atoms with Gasteiger partial charge in [0.1, 0.15) is 5.82 Å². The lowest BCUT2D eigenvalue weighted by Crippen LogP contribution is -2.55. The number of hydrogen-bond acceptors (Lipinski definition) is 6. The van der Waals surface area contributed by atoms with Gasteiger partial charge in [-0.15, -0.1) is 0 Å². The van der Waals surface area contributed by atoms with Crippen molar-refractivity contribution in [3.8, 4) is 0 Å². The van der Waals surface area contributed by atoms with Crippen LogP contribution in [0, 0.1) is 42.0 Å². The molecule has 1 saturated carbocycles. The van der Waals surface area contributed by atoms with Crippen LogP contribution in [-0.4, -0.2) is 99.1 Å². The summed E-state index contributed by atoms with van der Waals surface area (Å²) in [6, 6.07) is 13.2. The van der Waals surface area contributed by atoms with Crippen molar-refractivity contribution < 1.29 is 27.5 Å². The zero-order valence-corrected chi connectivity index (χ0v) is 32.2. The smallest absolute Gasteiger partial charge is 0.305 e. The summed E-state index contributed by atoms with van der Waals surface area (Å²) in [5, 5.41) is 0. The zero-order valence-electron chi connectivity index (χ0n) is 32.2. The summed E-state index contributed by atoms with van der Waals surface area (Å²) in [4.78, 5) is 37.8. The quantitative estimate of drug-likeness (QED) is 0.121. The number of benzene rings is 2. The predicted octanol–water partition coefficient (Wildman–Crippen LogP) is 7.36. The average Bonchev–Trinajstić information content (AvgIpc) is 3.62. The molecular weight excluding hydrogens is 704 g/mol. The largest absolute Gasteiger partial charge is 0.469 e. The summed E-state index contributed by atoms with van der Waals surface area (Å²) in [6.07, 6.45) is 11.6. The molecular formula is C44H56F3N5O3. The third-order valence-corrected chi connectivity index (χ3v) is 13.4. The van der Waals surface area contributed by atoms with Gasteiger partial charge >= 0.3 is 5.97 Å². The molecule has 5 aliphatic rings. The number of carbonyl (C=O) groups is 2. The van der Waals surface area contributed by atoms with Gasteiger partial charge in [0, 0.05) is 86.3 Å². The van der Waals surface area contributed by atoms with Gasteiger partial charge in [-0.1, -0.05) is 43.2 Å².